The minimum absolute atomic E-state index is 0.141. The molecule has 1 amide bonds. The number of hydrogen-bond acceptors (Lipinski definition) is 5. The fourth-order valence-electron chi connectivity index (χ4n) is 6.98. The van der Waals surface area contributed by atoms with Gasteiger partial charge in [-0.15, -0.1) is 0 Å². The molecule has 1 aliphatic heterocycles. The number of ether oxygens (including phenoxy) is 1. The number of esters is 1. The van der Waals surface area contributed by atoms with Crippen LogP contribution in [0.5, 0.6) is 0 Å². The van der Waals surface area contributed by atoms with Crippen molar-refractivity contribution in [2.75, 3.05) is 19.7 Å². The van der Waals surface area contributed by atoms with E-state index >= 15 is 0 Å². The Kier molecular flexibility index (Phi) is 6.09. The van der Waals surface area contributed by atoms with Crippen LogP contribution in [0, 0.1) is 40.4 Å². The maximum absolute atomic E-state index is 12.9. The highest BCUT2D eigenvalue weighted by Crippen LogP contribution is 2.61. The van der Waals surface area contributed by atoms with Crippen LogP contribution in [0.1, 0.15) is 65.2 Å². The van der Waals surface area contributed by atoms with Gasteiger partial charge in [-0.05, 0) is 88.4 Å². The van der Waals surface area contributed by atoms with Gasteiger partial charge in [-0.1, -0.05) is 0 Å². The van der Waals surface area contributed by atoms with E-state index in [9.17, 15) is 14.9 Å². The molecule has 4 aliphatic carbocycles. The molecule has 0 aromatic carbocycles. The number of nitriles is 1. The van der Waals surface area contributed by atoms with E-state index in [1.165, 1.54) is 38.5 Å². The molecular formula is C24H35N3O3. The first-order chi connectivity index (χ1) is 14.4. The molecule has 0 aromatic rings. The molecule has 1 saturated heterocycles. The zero-order chi connectivity index (χ0) is 21.3. The lowest BCUT2D eigenvalue weighted by molar-refractivity contribution is -0.150. The minimum atomic E-state index is -0.231. The van der Waals surface area contributed by atoms with E-state index in [-0.39, 0.29) is 29.4 Å². The van der Waals surface area contributed by atoms with Crippen molar-refractivity contribution < 1.29 is 14.3 Å². The summed E-state index contributed by atoms with van der Waals surface area (Å²) in [5.74, 6) is 2.08. The summed E-state index contributed by atoms with van der Waals surface area (Å²) in [7, 11) is 0. The van der Waals surface area contributed by atoms with Gasteiger partial charge >= 0.3 is 5.97 Å². The second kappa shape index (κ2) is 8.61. The lowest BCUT2D eigenvalue weighted by atomic mass is 9.48. The molecule has 0 radical (unpaired) electrons. The third-order valence-corrected chi connectivity index (χ3v) is 8.23. The van der Waals surface area contributed by atoms with Gasteiger partial charge in [-0.25, -0.2) is 0 Å². The van der Waals surface area contributed by atoms with E-state index in [0.29, 0.717) is 38.0 Å². The molecule has 4 bridgehead atoms. The van der Waals surface area contributed by atoms with Crippen molar-refractivity contribution >= 4 is 11.9 Å². The molecule has 1 unspecified atom stereocenters. The number of carbonyl (C=O) groups is 2. The number of nitrogens with one attached hydrogen (secondary N) is 1. The van der Waals surface area contributed by atoms with E-state index in [4.69, 9.17) is 4.74 Å². The Labute approximate surface area is 180 Å². The molecular weight excluding hydrogens is 378 g/mol. The Hall–Kier alpha value is -2.03. The largest absolute Gasteiger partial charge is 0.466 e. The van der Waals surface area contributed by atoms with Gasteiger partial charge in [0.15, 0.2) is 0 Å². The van der Waals surface area contributed by atoms with E-state index in [1.54, 1.807) is 18.0 Å². The molecule has 1 N–H and O–H groups in total. The van der Waals surface area contributed by atoms with Crippen molar-refractivity contribution in [3.05, 3.63) is 11.8 Å². The van der Waals surface area contributed by atoms with Crippen LogP contribution in [0.2, 0.25) is 0 Å². The maximum atomic E-state index is 12.9. The molecule has 1 atom stereocenters. The molecule has 5 rings (SSSR count). The monoisotopic (exact) mass is 413 g/mol. The third kappa shape index (κ3) is 4.08. The molecule has 0 spiro atoms. The number of nitrogens with zero attached hydrogens (tertiary/aromatic N) is 2. The van der Waals surface area contributed by atoms with Gasteiger partial charge in [-0.3, -0.25) is 9.59 Å². The van der Waals surface area contributed by atoms with E-state index < -0.39 is 0 Å². The van der Waals surface area contributed by atoms with Crippen molar-refractivity contribution in [1.29, 1.82) is 5.26 Å². The zero-order valence-corrected chi connectivity index (χ0v) is 18.4. The number of carbonyl (C=O) groups excluding carboxylic acids is 2. The molecule has 164 valence electrons. The Morgan fingerprint density at radius 3 is 2.23 bits per heavy atom. The summed E-state index contributed by atoms with van der Waals surface area (Å²) in [6.07, 6.45) is 10.9. The van der Waals surface area contributed by atoms with Crippen LogP contribution in [-0.2, 0) is 14.3 Å². The third-order valence-electron chi connectivity index (χ3n) is 8.23. The standard InChI is InChI=1S/C24H35N3O3/c1-3-30-23(29)20-4-6-27(7-5-20)22(28)21(14-25)15-26-16(2)24-11-17-8-18(12-24)10-19(9-17)13-24/h15-20,26H,3-13H2,1-2H3/b21-15-. The van der Waals surface area contributed by atoms with Gasteiger partial charge in [0.1, 0.15) is 11.6 Å². The molecule has 5 aliphatic rings. The van der Waals surface area contributed by atoms with Crippen LogP contribution >= 0.6 is 0 Å². The molecule has 30 heavy (non-hydrogen) atoms. The molecule has 6 heteroatoms. The molecule has 6 nitrogen and oxygen atoms in total. The number of likely N-dealkylation sites (tertiary alicyclic amines) is 1. The lowest BCUT2D eigenvalue weighted by Gasteiger charge is -2.59. The highest BCUT2D eigenvalue weighted by Gasteiger charge is 2.53. The SMILES string of the molecule is CCOC(=O)C1CCN(C(=O)/C(C#N)=C\NC(C)C23CC4CC(CC(C4)C2)C3)CC1. The van der Waals surface area contributed by atoms with Crippen LogP contribution in [0.15, 0.2) is 11.8 Å². The molecule has 1 heterocycles. The highest BCUT2D eigenvalue weighted by atomic mass is 16.5. The summed E-state index contributed by atoms with van der Waals surface area (Å²) in [6, 6.07) is 2.37. The first-order valence-corrected chi connectivity index (χ1v) is 11.8. The van der Waals surface area contributed by atoms with Crippen molar-refractivity contribution in [2.24, 2.45) is 29.1 Å². The molecule has 0 aromatic heterocycles. The molecule has 4 saturated carbocycles. The average molecular weight is 414 g/mol. The predicted octanol–water partition coefficient (Wildman–Crippen LogP) is 3.39. The Bertz CT molecular complexity index is 710. The van der Waals surface area contributed by atoms with Gasteiger partial charge < -0.3 is 15.0 Å². The Morgan fingerprint density at radius 2 is 1.73 bits per heavy atom. The van der Waals surface area contributed by atoms with Crippen LogP contribution < -0.4 is 5.32 Å². The van der Waals surface area contributed by atoms with Gasteiger partial charge in [0, 0.05) is 25.3 Å². The van der Waals surface area contributed by atoms with Crippen LogP contribution in [0.3, 0.4) is 0 Å². The van der Waals surface area contributed by atoms with Crippen LogP contribution in [0.25, 0.3) is 0 Å². The average Bonchev–Trinajstić information content (AvgIpc) is 2.73. The quantitative estimate of drug-likeness (QED) is 0.410. The van der Waals surface area contributed by atoms with Crippen molar-refractivity contribution in [2.45, 2.75) is 71.3 Å². The van der Waals surface area contributed by atoms with E-state index in [0.717, 1.165) is 17.8 Å². The van der Waals surface area contributed by atoms with Crippen molar-refractivity contribution in [3.8, 4) is 6.07 Å². The smallest absolute Gasteiger partial charge is 0.309 e. The van der Waals surface area contributed by atoms with Gasteiger partial charge in [0.25, 0.3) is 5.91 Å². The second-order valence-corrected chi connectivity index (χ2v) is 10.2. The summed E-state index contributed by atoms with van der Waals surface area (Å²) in [6.45, 7) is 5.40. The minimum Gasteiger partial charge on any atom is -0.466 e. The van der Waals surface area contributed by atoms with E-state index in [1.807, 2.05) is 0 Å². The van der Waals surface area contributed by atoms with Gasteiger partial charge in [0.2, 0.25) is 0 Å². The Morgan fingerprint density at radius 1 is 1.17 bits per heavy atom. The van der Waals surface area contributed by atoms with E-state index in [2.05, 4.69) is 18.3 Å². The summed E-state index contributed by atoms with van der Waals surface area (Å²) >= 11 is 0. The maximum Gasteiger partial charge on any atom is 0.309 e. The lowest BCUT2D eigenvalue weighted by Crippen LogP contribution is -2.54. The highest BCUT2D eigenvalue weighted by molar-refractivity contribution is 5.97. The summed E-state index contributed by atoms with van der Waals surface area (Å²) in [5.41, 5.74) is 0.494. The summed E-state index contributed by atoms with van der Waals surface area (Å²) < 4.78 is 5.10. The zero-order valence-electron chi connectivity index (χ0n) is 18.4. The van der Waals surface area contributed by atoms with Crippen molar-refractivity contribution in [1.82, 2.24) is 10.2 Å². The topological polar surface area (TPSA) is 82.4 Å². The number of hydrogen-bond donors (Lipinski definition) is 1. The van der Waals surface area contributed by atoms with Gasteiger partial charge in [0.05, 0.1) is 12.5 Å². The van der Waals surface area contributed by atoms with Crippen LogP contribution in [-0.4, -0.2) is 42.5 Å². The predicted molar refractivity (Wildman–Crippen MR) is 113 cm³/mol. The second-order valence-electron chi connectivity index (χ2n) is 10.2. The summed E-state index contributed by atoms with van der Waals surface area (Å²) in [5, 5.41) is 13.1. The normalized spacial score (nSPS) is 34.4. The first kappa shape index (κ1) is 21.2. The molecule has 5 fully saturated rings. The van der Waals surface area contributed by atoms with Crippen LogP contribution in [0.4, 0.5) is 0 Å². The van der Waals surface area contributed by atoms with Gasteiger partial charge in [-0.2, -0.15) is 5.26 Å². The number of amides is 1. The van der Waals surface area contributed by atoms with Crippen molar-refractivity contribution in [3.63, 3.8) is 0 Å². The fourth-order valence-corrected chi connectivity index (χ4v) is 6.98. The summed E-state index contributed by atoms with van der Waals surface area (Å²) in [4.78, 5) is 26.5. The fraction of sp³-hybridized carbons (Fsp3) is 0.792. The first-order valence-electron chi connectivity index (χ1n) is 11.8. The number of rotatable bonds is 6. The number of piperidine rings is 1. The Balaban J connectivity index is 1.34.